The quantitative estimate of drug-likeness (QED) is 0.303. The van der Waals surface area contributed by atoms with Gasteiger partial charge in [0.2, 0.25) is 0 Å². The zero-order valence-electron chi connectivity index (χ0n) is 7.96. The third-order valence-corrected chi connectivity index (χ3v) is 2.09. The lowest BCUT2D eigenvalue weighted by Gasteiger charge is -1.99. The topological polar surface area (TPSA) is 48.8 Å². The molecule has 0 aliphatic rings. The van der Waals surface area contributed by atoms with E-state index in [9.17, 15) is 4.39 Å². The Morgan fingerprint density at radius 3 is 3.00 bits per heavy atom. The second-order valence-corrected chi connectivity index (χ2v) is 3.18. The number of hydrogen-bond acceptors (Lipinski definition) is 1. The van der Waals surface area contributed by atoms with Crippen molar-refractivity contribution < 1.29 is 4.39 Å². The summed E-state index contributed by atoms with van der Waals surface area (Å²) in [6, 6.07) is 2.77. The van der Waals surface area contributed by atoms with Gasteiger partial charge in [0.15, 0.2) is 0 Å². The molecule has 0 radical (unpaired) electrons. The van der Waals surface area contributed by atoms with Crippen LogP contribution >= 0.6 is 11.6 Å². The molecule has 1 aromatic rings. The molecule has 0 saturated heterocycles. The van der Waals surface area contributed by atoms with E-state index in [-0.39, 0.29) is 12.1 Å². The number of azide groups is 1. The molecular formula is C10H7ClFN3. The standard InChI is InChI=1S/C10H7ClFN3/c1-7-5-8(3-2-4-14-15-13)10(12)6-9(7)11/h5-6H,4H2,1H3. The van der Waals surface area contributed by atoms with Gasteiger partial charge < -0.3 is 0 Å². The van der Waals surface area contributed by atoms with Gasteiger partial charge in [-0.1, -0.05) is 28.6 Å². The first-order valence-corrected chi connectivity index (χ1v) is 4.48. The maximum Gasteiger partial charge on any atom is 0.140 e. The molecule has 5 heteroatoms. The van der Waals surface area contributed by atoms with Gasteiger partial charge in [0.05, 0.1) is 12.1 Å². The van der Waals surface area contributed by atoms with Crippen LogP contribution in [-0.4, -0.2) is 6.54 Å². The van der Waals surface area contributed by atoms with Crippen molar-refractivity contribution in [3.05, 3.63) is 44.5 Å². The first kappa shape index (κ1) is 11.4. The van der Waals surface area contributed by atoms with E-state index in [1.54, 1.807) is 13.0 Å². The van der Waals surface area contributed by atoms with E-state index < -0.39 is 5.82 Å². The Bertz CT molecular complexity index is 481. The summed E-state index contributed by atoms with van der Waals surface area (Å²) in [6.45, 7) is 1.79. The molecule has 0 unspecified atom stereocenters. The summed E-state index contributed by atoms with van der Waals surface area (Å²) in [5.74, 6) is 4.63. The van der Waals surface area contributed by atoms with Crippen LogP contribution in [0, 0.1) is 24.6 Å². The average Bonchev–Trinajstić information content (AvgIpc) is 2.20. The molecule has 0 N–H and O–H groups in total. The summed E-state index contributed by atoms with van der Waals surface area (Å²) in [5, 5.41) is 3.58. The van der Waals surface area contributed by atoms with E-state index in [4.69, 9.17) is 17.1 Å². The molecule has 3 nitrogen and oxygen atoms in total. The Balaban J connectivity index is 2.98. The Morgan fingerprint density at radius 1 is 1.60 bits per heavy atom. The van der Waals surface area contributed by atoms with Crippen molar-refractivity contribution >= 4 is 11.6 Å². The lowest BCUT2D eigenvalue weighted by atomic mass is 10.1. The molecule has 76 valence electrons. The highest BCUT2D eigenvalue weighted by Crippen LogP contribution is 2.19. The Kier molecular flexibility index (Phi) is 3.99. The van der Waals surface area contributed by atoms with Gasteiger partial charge in [0.25, 0.3) is 0 Å². The highest BCUT2D eigenvalue weighted by atomic mass is 35.5. The average molecular weight is 224 g/mol. The number of halogens is 2. The van der Waals surface area contributed by atoms with Crippen LogP contribution in [0.25, 0.3) is 10.4 Å². The van der Waals surface area contributed by atoms with Crippen LogP contribution in [0.15, 0.2) is 17.2 Å². The number of rotatable bonds is 1. The van der Waals surface area contributed by atoms with Gasteiger partial charge >= 0.3 is 0 Å². The fourth-order valence-corrected chi connectivity index (χ4v) is 1.11. The molecule has 0 heterocycles. The minimum Gasteiger partial charge on any atom is -0.206 e. The van der Waals surface area contributed by atoms with Crippen molar-refractivity contribution in [2.24, 2.45) is 5.11 Å². The minimum absolute atomic E-state index is 0.0254. The molecule has 0 atom stereocenters. The molecule has 1 aromatic carbocycles. The summed E-state index contributed by atoms with van der Waals surface area (Å²) >= 11 is 5.71. The zero-order chi connectivity index (χ0) is 11.3. The van der Waals surface area contributed by atoms with Crippen LogP contribution in [-0.2, 0) is 0 Å². The number of benzene rings is 1. The normalized spacial score (nSPS) is 8.73. The Labute approximate surface area is 91.5 Å². The summed E-state index contributed by atoms with van der Waals surface area (Å²) in [4.78, 5) is 2.53. The van der Waals surface area contributed by atoms with Crippen molar-refractivity contribution in [1.82, 2.24) is 0 Å². The van der Waals surface area contributed by atoms with Crippen LogP contribution in [0.3, 0.4) is 0 Å². The second kappa shape index (κ2) is 5.26. The Morgan fingerprint density at radius 2 is 2.33 bits per heavy atom. The smallest absolute Gasteiger partial charge is 0.140 e. The van der Waals surface area contributed by atoms with Crippen LogP contribution in [0.1, 0.15) is 11.1 Å². The fraction of sp³-hybridized carbons (Fsp3) is 0.200. The zero-order valence-corrected chi connectivity index (χ0v) is 8.72. The lowest BCUT2D eigenvalue weighted by Crippen LogP contribution is -1.86. The van der Waals surface area contributed by atoms with E-state index in [1.807, 2.05) is 0 Å². The van der Waals surface area contributed by atoms with Crippen molar-refractivity contribution in [1.29, 1.82) is 0 Å². The molecule has 0 bridgehead atoms. The molecule has 0 saturated carbocycles. The SMILES string of the molecule is Cc1cc(C#CCN=[N+]=[N-])c(F)cc1Cl. The van der Waals surface area contributed by atoms with Crippen molar-refractivity contribution in [3.63, 3.8) is 0 Å². The monoisotopic (exact) mass is 223 g/mol. The predicted octanol–water partition coefficient (Wildman–Crippen LogP) is 3.45. The van der Waals surface area contributed by atoms with Crippen LogP contribution < -0.4 is 0 Å². The van der Waals surface area contributed by atoms with Gasteiger partial charge in [-0.05, 0) is 30.2 Å². The largest absolute Gasteiger partial charge is 0.206 e. The van der Waals surface area contributed by atoms with Gasteiger partial charge in [-0.25, -0.2) is 4.39 Å². The van der Waals surface area contributed by atoms with Gasteiger partial charge in [-0.2, -0.15) is 0 Å². The van der Waals surface area contributed by atoms with Gasteiger partial charge in [-0.3, -0.25) is 0 Å². The van der Waals surface area contributed by atoms with Gasteiger partial charge in [0, 0.05) is 9.93 Å². The lowest BCUT2D eigenvalue weighted by molar-refractivity contribution is 0.624. The molecule has 0 aromatic heterocycles. The number of aryl methyl sites for hydroxylation is 1. The summed E-state index contributed by atoms with van der Waals surface area (Å²) in [7, 11) is 0. The highest BCUT2D eigenvalue weighted by molar-refractivity contribution is 6.31. The Hall–Kier alpha value is -1.69. The van der Waals surface area contributed by atoms with E-state index in [0.29, 0.717) is 5.02 Å². The molecule has 15 heavy (non-hydrogen) atoms. The predicted molar refractivity (Wildman–Crippen MR) is 57.0 cm³/mol. The van der Waals surface area contributed by atoms with E-state index in [0.717, 1.165) is 5.56 Å². The van der Waals surface area contributed by atoms with Gasteiger partial charge in [0.1, 0.15) is 5.82 Å². The maximum absolute atomic E-state index is 13.2. The molecule has 0 aliphatic carbocycles. The second-order valence-electron chi connectivity index (χ2n) is 2.77. The van der Waals surface area contributed by atoms with E-state index >= 15 is 0 Å². The van der Waals surface area contributed by atoms with Crippen molar-refractivity contribution in [2.45, 2.75) is 6.92 Å². The molecule has 0 aliphatic heterocycles. The first-order chi connectivity index (χ1) is 7.15. The van der Waals surface area contributed by atoms with Crippen LogP contribution in [0.5, 0.6) is 0 Å². The van der Waals surface area contributed by atoms with Crippen molar-refractivity contribution in [3.8, 4) is 11.8 Å². The maximum atomic E-state index is 13.2. The highest BCUT2D eigenvalue weighted by Gasteiger charge is 2.02. The molecule has 0 amide bonds. The van der Waals surface area contributed by atoms with E-state index in [2.05, 4.69) is 21.9 Å². The van der Waals surface area contributed by atoms with E-state index in [1.165, 1.54) is 6.07 Å². The number of nitrogens with zero attached hydrogens (tertiary/aromatic N) is 3. The first-order valence-electron chi connectivity index (χ1n) is 4.10. The fourth-order valence-electron chi connectivity index (χ4n) is 0.955. The summed E-state index contributed by atoms with van der Waals surface area (Å²) in [5.41, 5.74) is 9.01. The third kappa shape index (κ3) is 3.17. The third-order valence-electron chi connectivity index (χ3n) is 1.68. The molecule has 0 spiro atoms. The van der Waals surface area contributed by atoms with Crippen LogP contribution in [0.4, 0.5) is 4.39 Å². The minimum atomic E-state index is -0.473. The van der Waals surface area contributed by atoms with Gasteiger partial charge in [-0.15, -0.1) is 0 Å². The molecule has 1 rings (SSSR count). The van der Waals surface area contributed by atoms with Crippen LogP contribution in [0.2, 0.25) is 5.02 Å². The van der Waals surface area contributed by atoms with Crippen molar-refractivity contribution in [2.75, 3.05) is 6.54 Å². The number of hydrogen-bond donors (Lipinski definition) is 0. The summed E-state index contributed by atoms with van der Waals surface area (Å²) < 4.78 is 13.2. The molecule has 0 fully saturated rings. The summed E-state index contributed by atoms with van der Waals surface area (Å²) in [6.07, 6.45) is 0. The molecular weight excluding hydrogens is 217 g/mol.